The molecule has 0 heterocycles. The first-order chi connectivity index (χ1) is 4.39. The molecule has 0 nitrogen and oxygen atoms in total. The van der Waals surface area contributed by atoms with Crippen molar-refractivity contribution in [3.05, 3.63) is 22.3 Å². The minimum atomic E-state index is 1.19. The van der Waals surface area contributed by atoms with Crippen LogP contribution in [0.5, 0.6) is 0 Å². The summed E-state index contributed by atoms with van der Waals surface area (Å²) in [7, 11) is 0. The van der Waals surface area contributed by atoms with Crippen LogP contribution < -0.4 is 0 Å². The zero-order chi connectivity index (χ0) is 6.53. The average Bonchev–Trinajstić information content (AvgIpc) is 1.79. The molecule has 0 aliphatic heterocycles. The molecule has 0 N–H and O–H groups in total. The van der Waals surface area contributed by atoms with E-state index in [1.165, 1.54) is 29.7 Å². The molecule has 1 heteroatoms. The van der Waals surface area contributed by atoms with Crippen LogP contribution in [-0.2, 0) is 19.2 Å². The van der Waals surface area contributed by atoms with Gasteiger partial charge >= 0.3 is 67.2 Å². The average molecular weight is 214 g/mol. The van der Waals surface area contributed by atoms with E-state index in [1.54, 1.807) is 0 Å². The molecule has 9 heavy (non-hydrogen) atoms. The van der Waals surface area contributed by atoms with Crippen molar-refractivity contribution in [2.24, 2.45) is 0 Å². The zero-order valence-corrected chi connectivity index (χ0v) is 6.93. The van der Waals surface area contributed by atoms with Gasteiger partial charge in [0, 0.05) is 0 Å². The number of rotatable bonds is 0. The first-order valence-electron chi connectivity index (χ1n) is 3.36. The molecule has 0 atom stereocenters. The van der Waals surface area contributed by atoms with Crippen LogP contribution in [0.2, 0.25) is 0 Å². The van der Waals surface area contributed by atoms with E-state index < -0.39 is 0 Å². The van der Waals surface area contributed by atoms with E-state index in [0.29, 0.717) is 0 Å². The first-order valence-corrected chi connectivity index (χ1v) is 4.14. The Hall–Kier alpha value is 0.142. The van der Waals surface area contributed by atoms with Crippen LogP contribution in [0.4, 0.5) is 0 Å². The minimum absolute atomic E-state index is 1.19. The van der Waals surface area contributed by atoms with Gasteiger partial charge in [0.1, 0.15) is 0 Å². The Kier molecular flexibility index (Phi) is 3.25. The normalized spacial score (nSPS) is 20.4. The summed E-state index contributed by atoms with van der Waals surface area (Å²) in [6, 6.07) is 0. The van der Waals surface area contributed by atoms with Gasteiger partial charge in [-0.15, -0.1) is 0 Å². The summed E-state index contributed by atoms with van der Waals surface area (Å²) in [4.78, 5) is 0. The van der Waals surface area contributed by atoms with E-state index in [4.69, 9.17) is 0 Å². The standard InChI is InChI=1S/C8H11.Pd/c1-2-4-6-8-7-5-3-1;/h1-2,7H,3-6H2;. The van der Waals surface area contributed by atoms with Gasteiger partial charge in [-0.05, 0) is 0 Å². The van der Waals surface area contributed by atoms with Crippen molar-refractivity contribution >= 4 is 0 Å². The van der Waals surface area contributed by atoms with Crippen LogP contribution in [0.1, 0.15) is 25.7 Å². The fourth-order valence-electron chi connectivity index (χ4n) is 0.877. The quantitative estimate of drug-likeness (QED) is 0.429. The predicted octanol–water partition coefficient (Wildman–Crippen LogP) is 2.55. The second kappa shape index (κ2) is 4.04. The Morgan fingerprint density at radius 3 is 2.78 bits per heavy atom. The Morgan fingerprint density at radius 1 is 1.11 bits per heavy atom. The molecule has 0 spiro atoms. The third-order valence-electron chi connectivity index (χ3n) is 1.39. The molecule has 0 bridgehead atoms. The Morgan fingerprint density at radius 2 is 1.89 bits per heavy atom. The maximum atomic E-state index is 3.24. The second-order valence-electron chi connectivity index (χ2n) is 2.20. The Labute approximate surface area is 67.4 Å². The Bertz CT molecular complexity index is 134. The second-order valence-corrected chi connectivity index (χ2v) is 3.20. The number of allylic oxidation sites excluding steroid dienone is 4. The summed E-state index contributed by atoms with van der Waals surface area (Å²) < 4.78 is 1.40. The molecular formula is C8H11Pd. The van der Waals surface area contributed by atoms with Gasteiger partial charge in [-0.3, -0.25) is 0 Å². The van der Waals surface area contributed by atoms with Crippen LogP contribution in [0.3, 0.4) is 0 Å². The van der Waals surface area contributed by atoms with E-state index in [9.17, 15) is 0 Å². The third kappa shape index (κ3) is 2.99. The summed E-state index contributed by atoms with van der Waals surface area (Å²) in [6.45, 7) is 0. The predicted molar refractivity (Wildman–Crippen MR) is 35.7 cm³/mol. The van der Waals surface area contributed by atoms with Crippen LogP contribution in [-0.4, -0.2) is 0 Å². The van der Waals surface area contributed by atoms with Gasteiger partial charge in [-0.2, -0.15) is 0 Å². The van der Waals surface area contributed by atoms with Crippen molar-refractivity contribution in [3.8, 4) is 0 Å². The molecule has 0 amide bonds. The Balaban J connectivity index is 2.41. The van der Waals surface area contributed by atoms with Gasteiger partial charge in [-0.25, -0.2) is 0 Å². The molecular weight excluding hydrogens is 203 g/mol. The molecule has 0 aromatic heterocycles. The van der Waals surface area contributed by atoms with Crippen LogP contribution >= 0.6 is 0 Å². The van der Waals surface area contributed by atoms with Crippen LogP contribution in [0, 0.1) is 0 Å². The molecule has 0 saturated carbocycles. The van der Waals surface area contributed by atoms with Crippen molar-refractivity contribution < 1.29 is 19.2 Å². The number of hydrogen-bond donors (Lipinski definition) is 0. The molecule has 53 valence electrons. The topological polar surface area (TPSA) is 0 Å². The molecule has 0 fully saturated rings. The SMILES string of the molecule is [Pd][C]1=CCCC=CCC1. The van der Waals surface area contributed by atoms with Gasteiger partial charge in [0.25, 0.3) is 0 Å². The van der Waals surface area contributed by atoms with E-state index >= 15 is 0 Å². The fraction of sp³-hybridized carbons (Fsp3) is 0.500. The van der Waals surface area contributed by atoms with Crippen LogP contribution in [0.15, 0.2) is 22.3 Å². The van der Waals surface area contributed by atoms with Crippen molar-refractivity contribution in [1.29, 1.82) is 0 Å². The molecule has 1 rings (SSSR count). The van der Waals surface area contributed by atoms with Crippen molar-refractivity contribution in [2.45, 2.75) is 25.7 Å². The summed E-state index contributed by atoms with van der Waals surface area (Å²) in [5.74, 6) is 0. The molecule has 0 aromatic rings. The summed E-state index contributed by atoms with van der Waals surface area (Å²) in [5, 5.41) is 0. The van der Waals surface area contributed by atoms with E-state index in [2.05, 4.69) is 37.4 Å². The van der Waals surface area contributed by atoms with E-state index in [-0.39, 0.29) is 0 Å². The van der Waals surface area contributed by atoms with Gasteiger partial charge in [0.2, 0.25) is 0 Å². The van der Waals surface area contributed by atoms with Gasteiger partial charge in [-0.1, -0.05) is 0 Å². The molecule has 0 unspecified atom stereocenters. The van der Waals surface area contributed by atoms with E-state index in [0.717, 1.165) is 0 Å². The number of hydrogen-bond acceptors (Lipinski definition) is 0. The molecule has 0 radical (unpaired) electrons. The maximum absolute atomic E-state index is 3.24. The van der Waals surface area contributed by atoms with Gasteiger partial charge < -0.3 is 0 Å². The molecule has 1 aliphatic carbocycles. The van der Waals surface area contributed by atoms with Crippen LogP contribution in [0.25, 0.3) is 0 Å². The fourth-order valence-corrected chi connectivity index (χ4v) is 1.33. The first kappa shape index (κ1) is 7.25. The monoisotopic (exact) mass is 213 g/mol. The molecule has 0 saturated heterocycles. The zero-order valence-electron chi connectivity index (χ0n) is 5.38. The molecule has 0 aromatic carbocycles. The van der Waals surface area contributed by atoms with E-state index in [1.807, 2.05) is 0 Å². The molecule has 1 aliphatic rings. The summed E-state index contributed by atoms with van der Waals surface area (Å²) in [6.07, 6.45) is 11.6. The summed E-state index contributed by atoms with van der Waals surface area (Å²) >= 11 is 3.24. The van der Waals surface area contributed by atoms with Crippen molar-refractivity contribution in [1.82, 2.24) is 0 Å². The third-order valence-corrected chi connectivity index (χ3v) is 2.09. The summed E-state index contributed by atoms with van der Waals surface area (Å²) in [5.41, 5.74) is 0. The van der Waals surface area contributed by atoms with Crippen molar-refractivity contribution in [2.75, 3.05) is 0 Å². The van der Waals surface area contributed by atoms with Crippen molar-refractivity contribution in [3.63, 3.8) is 0 Å². The van der Waals surface area contributed by atoms with Gasteiger partial charge in [0.05, 0.1) is 0 Å². The van der Waals surface area contributed by atoms with Gasteiger partial charge in [0.15, 0.2) is 0 Å².